The highest BCUT2D eigenvalue weighted by atomic mass is 16.3. The molecule has 0 amide bonds. The Hall–Kier alpha value is -0.700. The van der Waals surface area contributed by atoms with E-state index in [1.165, 1.54) is 6.92 Å². The van der Waals surface area contributed by atoms with Crippen LogP contribution in [0.15, 0.2) is 0 Å². The zero-order valence-corrected chi connectivity index (χ0v) is 7.07. The van der Waals surface area contributed by atoms with Crippen molar-refractivity contribution in [2.75, 3.05) is 0 Å². The third-order valence-electron chi connectivity index (χ3n) is 1.58. The van der Waals surface area contributed by atoms with Crippen LogP contribution < -0.4 is 0 Å². The minimum Gasteiger partial charge on any atom is -0.385 e. The highest BCUT2D eigenvalue weighted by Gasteiger charge is 2.23. The molecule has 1 unspecified atom stereocenters. The van der Waals surface area contributed by atoms with Gasteiger partial charge in [0.15, 0.2) is 5.78 Å². The molecule has 0 saturated carbocycles. The molecule has 1 N–H and O–H groups in total. The molecule has 64 valence electrons. The average Bonchev–Trinajstić information content (AvgIpc) is 2.00. The topological polar surface area (TPSA) is 54.4 Å². The van der Waals surface area contributed by atoms with Crippen LogP contribution in [0.5, 0.6) is 0 Å². The summed E-state index contributed by atoms with van der Waals surface area (Å²) in [6.45, 7) is 4.96. The van der Waals surface area contributed by atoms with Crippen molar-refractivity contribution in [3.63, 3.8) is 0 Å². The standard InChI is InChI=1S/C8H14O3/c1-5(2)7(10)8(11)6(3)4-9/h4-7,10H,1-3H3/t6?,7-/m0/s1. The maximum Gasteiger partial charge on any atom is 0.171 e. The summed E-state index contributed by atoms with van der Waals surface area (Å²) >= 11 is 0. The molecule has 0 aromatic heterocycles. The molecule has 0 saturated heterocycles. The molecule has 0 bridgehead atoms. The molecule has 0 aliphatic heterocycles. The van der Waals surface area contributed by atoms with Gasteiger partial charge in [0, 0.05) is 0 Å². The lowest BCUT2D eigenvalue weighted by Gasteiger charge is -2.14. The minimum atomic E-state index is -1.00. The number of aldehydes is 1. The molecule has 0 aromatic carbocycles. The first kappa shape index (κ1) is 10.3. The van der Waals surface area contributed by atoms with Gasteiger partial charge in [0.05, 0.1) is 5.92 Å². The van der Waals surface area contributed by atoms with Gasteiger partial charge in [-0.3, -0.25) is 4.79 Å². The van der Waals surface area contributed by atoms with Crippen LogP contribution in [0.4, 0.5) is 0 Å². The van der Waals surface area contributed by atoms with Crippen LogP contribution in [-0.4, -0.2) is 23.3 Å². The van der Waals surface area contributed by atoms with Crippen molar-refractivity contribution in [1.29, 1.82) is 0 Å². The average molecular weight is 158 g/mol. The van der Waals surface area contributed by atoms with Crippen molar-refractivity contribution in [2.45, 2.75) is 26.9 Å². The van der Waals surface area contributed by atoms with Gasteiger partial charge in [0.2, 0.25) is 0 Å². The number of carbonyl (C=O) groups excluding carboxylic acids is 2. The molecule has 0 rings (SSSR count). The SMILES string of the molecule is CC(C=O)C(=O)[C@@H](O)C(C)C. The number of aliphatic hydroxyl groups excluding tert-OH is 1. The van der Waals surface area contributed by atoms with Gasteiger partial charge in [-0.2, -0.15) is 0 Å². The third-order valence-corrected chi connectivity index (χ3v) is 1.58. The molecule has 0 aromatic rings. The van der Waals surface area contributed by atoms with E-state index in [1.54, 1.807) is 13.8 Å². The van der Waals surface area contributed by atoms with E-state index < -0.39 is 17.8 Å². The predicted octanol–water partition coefficient (Wildman–Crippen LogP) is 0.407. The van der Waals surface area contributed by atoms with E-state index in [-0.39, 0.29) is 5.92 Å². The van der Waals surface area contributed by atoms with E-state index in [9.17, 15) is 14.7 Å². The molecule has 11 heavy (non-hydrogen) atoms. The van der Waals surface area contributed by atoms with Crippen LogP contribution in [0.25, 0.3) is 0 Å². The van der Waals surface area contributed by atoms with Crippen LogP contribution in [0.2, 0.25) is 0 Å². The van der Waals surface area contributed by atoms with Gasteiger partial charge in [-0.15, -0.1) is 0 Å². The first-order valence-corrected chi connectivity index (χ1v) is 3.67. The Kier molecular flexibility index (Phi) is 3.97. The summed E-state index contributed by atoms with van der Waals surface area (Å²) in [6, 6.07) is 0. The van der Waals surface area contributed by atoms with Gasteiger partial charge in [0.25, 0.3) is 0 Å². The fraction of sp³-hybridized carbons (Fsp3) is 0.750. The van der Waals surface area contributed by atoms with E-state index in [4.69, 9.17) is 0 Å². The van der Waals surface area contributed by atoms with E-state index >= 15 is 0 Å². The normalized spacial score (nSPS) is 16.1. The van der Waals surface area contributed by atoms with E-state index in [2.05, 4.69) is 0 Å². The van der Waals surface area contributed by atoms with Crippen LogP contribution in [0.1, 0.15) is 20.8 Å². The van der Waals surface area contributed by atoms with E-state index in [1.807, 2.05) is 0 Å². The summed E-state index contributed by atoms with van der Waals surface area (Å²) in [5, 5.41) is 9.19. The summed E-state index contributed by atoms with van der Waals surface area (Å²) in [4.78, 5) is 21.2. The minimum absolute atomic E-state index is 0.120. The first-order valence-electron chi connectivity index (χ1n) is 3.67. The molecule has 0 radical (unpaired) electrons. The summed E-state index contributed by atoms with van der Waals surface area (Å²) in [6.07, 6.45) is -0.455. The quantitative estimate of drug-likeness (QED) is 0.476. The van der Waals surface area contributed by atoms with Gasteiger partial charge in [-0.25, -0.2) is 0 Å². The van der Waals surface area contributed by atoms with Gasteiger partial charge in [-0.1, -0.05) is 13.8 Å². The number of hydrogen-bond donors (Lipinski definition) is 1. The monoisotopic (exact) mass is 158 g/mol. The molecular formula is C8H14O3. The Labute approximate surface area is 66.4 Å². The fourth-order valence-corrected chi connectivity index (χ4v) is 0.665. The molecule has 0 fully saturated rings. The lowest BCUT2D eigenvalue weighted by molar-refractivity contribution is -0.135. The first-order chi connectivity index (χ1) is 5.00. The van der Waals surface area contributed by atoms with Crippen molar-refractivity contribution in [1.82, 2.24) is 0 Å². The molecule has 2 atom stereocenters. The third kappa shape index (κ3) is 2.80. The van der Waals surface area contributed by atoms with E-state index in [0.29, 0.717) is 6.29 Å². The Balaban J connectivity index is 4.12. The Morgan fingerprint density at radius 1 is 1.36 bits per heavy atom. The molecule has 0 aliphatic rings. The maximum atomic E-state index is 11.0. The Morgan fingerprint density at radius 2 is 1.82 bits per heavy atom. The zero-order valence-electron chi connectivity index (χ0n) is 7.07. The summed E-state index contributed by atoms with van der Waals surface area (Å²) in [7, 11) is 0. The number of carbonyl (C=O) groups is 2. The number of hydrogen-bond acceptors (Lipinski definition) is 3. The highest BCUT2D eigenvalue weighted by molar-refractivity contribution is 5.95. The lowest BCUT2D eigenvalue weighted by Crippen LogP contribution is -2.31. The van der Waals surface area contributed by atoms with Crippen molar-refractivity contribution in [3.05, 3.63) is 0 Å². The summed E-state index contributed by atoms with van der Waals surface area (Å²) in [5.41, 5.74) is 0. The van der Waals surface area contributed by atoms with Gasteiger partial charge < -0.3 is 9.90 Å². The Bertz CT molecular complexity index is 151. The number of Topliss-reactive ketones (excluding diaryl/α,β-unsaturated/α-hetero) is 1. The fourth-order valence-electron chi connectivity index (χ4n) is 0.665. The largest absolute Gasteiger partial charge is 0.385 e. The molecule has 3 heteroatoms. The smallest absolute Gasteiger partial charge is 0.171 e. The maximum absolute atomic E-state index is 11.0. The number of aliphatic hydroxyl groups is 1. The highest BCUT2D eigenvalue weighted by Crippen LogP contribution is 2.07. The van der Waals surface area contributed by atoms with E-state index in [0.717, 1.165) is 0 Å². The second-order valence-corrected chi connectivity index (χ2v) is 3.02. The number of rotatable bonds is 4. The van der Waals surface area contributed by atoms with Crippen LogP contribution in [0, 0.1) is 11.8 Å². The van der Waals surface area contributed by atoms with Gasteiger partial charge in [0.1, 0.15) is 12.4 Å². The second kappa shape index (κ2) is 4.23. The molecule has 3 nitrogen and oxygen atoms in total. The van der Waals surface area contributed by atoms with Crippen molar-refractivity contribution >= 4 is 12.1 Å². The Morgan fingerprint density at radius 3 is 2.09 bits per heavy atom. The molecule has 0 heterocycles. The van der Waals surface area contributed by atoms with Crippen molar-refractivity contribution in [3.8, 4) is 0 Å². The van der Waals surface area contributed by atoms with Crippen molar-refractivity contribution in [2.24, 2.45) is 11.8 Å². The lowest BCUT2D eigenvalue weighted by atomic mass is 9.96. The molecular weight excluding hydrogens is 144 g/mol. The second-order valence-electron chi connectivity index (χ2n) is 3.02. The zero-order chi connectivity index (χ0) is 9.02. The van der Waals surface area contributed by atoms with Crippen LogP contribution in [-0.2, 0) is 9.59 Å². The van der Waals surface area contributed by atoms with Gasteiger partial charge in [-0.05, 0) is 12.8 Å². The number of ketones is 1. The summed E-state index contributed by atoms with van der Waals surface area (Å²) < 4.78 is 0. The molecule has 0 spiro atoms. The van der Waals surface area contributed by atoms with Crippen LogP contribution in [0.3, 0.4) is 0 Å². The predicted molar refractivity (Wildman–Crippen MR) is 41.1 cm³/mol. The summed E-state index contributed by atoms with van der Waals surface area (Å²) in [5.74, 6) is -1.20. The molecule has 0 aliphatic carbocycles. The van der Waals surface area contributed by atoms with Crippen LogP contribution >= 0.6 is 0 Å². The van der Waals surface area contributed by atoms with Gasteiger partial charge >= 0.3 is 0 Å². The van der Waals surface area contributed by atoms with Crippen molar-refractivity contribution < 1.29 is 14.7 Å².